The molecule has 5 rings (SSSR count). The van der Waals surface area contributed by atoms with E-state index in [0.717, 1.165) is 28.9 Å². The molecule has 1 aliphatic carbocycles. The lowest BCUT2D eigenvalue weighted by molar-refractivity contribution is -0.122. The summed E-state index contributed by atoms with van der Waals surface area (Å²) in [6.07, 6.45) is 3.34. The normalized spacial score (nSPS) is 20.8. The molecule has 2 aliphatic rings. The van der Waals surface area contributed by atoms with E-state index in [1.807, 2.05) is 55.5 Å². The number of oxazole rings is 1. The molecule has 7 heteroatoms. The van der Waals surface area contributed by atoms with Crippen molar-refractivity contribution in [1.29, 1.82) is 0 Å². The molecule has 0 spiro atoms. The Balaban J connectivity index is 1.49. The van der Waals surface area contributed by atoms with E-state index in [-0.39, 0.29) is 17.7 Å². The van der Waals surface area contributed by atoms with Gasteiger partial charge in [0.25, 0.3) is 0 Å². The number of hydrogen-bond acceptors (Lipinski definition) is 7. The number of hydrogen-bond donors (Lipinski definition) is 2. The summed E-state index contributed by atoms with van der Waals surface area (Å²) >= 11 is 0. The van der Waals surface area contributed by atoms with Crippen LogP contribution in [0.15, 0.2) is 69.7 Å². The number of para-hydroxylation sites is 2. The number of nitrogens with zero attached hydrogens (tertiary/aromatic N) is 2. The van der Waals surface area contributed by atoms with Gasteiger partial charge in [-0.25, -0.2) is 4.99 Å². The number of allylic oxidation sites excluding steroid dienone is 1. The van der Waals surface area contributed by atoms with Gasteiger partial charge in [-0.2, -0.15) is 4.98 Å². The van der Waals surface area contributed by atoms with Crippen LogP contribution >= 0.6 is 0 Å². The number of guanidine groups is 1. The van der Waals surface area contributed by atoms with E-state index in [2.05, 4.69) is 21.7 Å². The molecule has 2 heterocycles. The van der Waals surface area contributed by atoms with E-state index in [9.17, 15) is 4.79 Å². The van der Waals surface area contributed by atoms with E-state index >= 15 is 0 Å². The third-order valence-electron chi connectivity index (χ3n) is 5.34. The van der Waals surface area contributed by atoms with Crippen molar-refractivity contribution in [2.45, 2.75) is 25.8 Å². The van der Waals surface area contributed by atoms with Crippen molar-refractivity contribution in [2.24, 2.45) is 10.9 Å². The van der Waals surface area contributed by atoms with Crippen LogP contribution in [-0.2, 0) is 4.79 Å². The Kier molecular flexibility index (Phi) is 4.71. The lowest BCUT2D eigenvalue weighted by Gasteiger charge is -2.34. The zero-order chi connectivity index (χ0) is 20.5. The number of benzene rings is 2. The summed E-state index contributed by atoms with van der Waals surface area (Å²) in [5.41, 5.74) is 3.30. The van der Waals surface area contributed by atoms with E-state index in [0.29, 0.717) is 30.6 Å². The van der Waals surface area contributed by atoms with Crippen molar-refractivity contribution in [3.05, 3.63) is 65.9 Å². The highest BCUT2D eigenvalue weighted by Gasteiger charge is 2.38. The van der Waals surface area contributed by atoms with Crippen molar-refractivity contribution in [3.8, 4) is 5.75 Å². The molecule has 30 heavy (non-hydrogen) atoms. The van der Waals surface area contributed by atoms with Crippen LogP contribution in [0.5, 0.6) is 5.75 Å². The monoisotopic (exact) mass is 402 g/mol. The van der Waals surface area contributed by atoms with E-state index in [4.69, 9.17) is 14.1 Å². The van der Waals surface area contributed by atoms with Gasteiger partial charge in [-0.05, 0) is 43.2 Å². The second-order valence-corrected chi connectivity index (χ2v) is 7.30. The number of carbonyl (C=O) groups is 1. The number of aliphatic imine (C=N–C) groups is 1. The standard InChI is InChI=1S/C23H22N4O3/c1-2-29-15-12-10-14(11-13-15)21-20-17(7-5-8-18(20)28)24-22(26-21)27-23-25-16-6-3-4-9-19(16)30-23/h3-4,6-7,9-13,20-21H,2,5,8H2,1H3,(H2,24,25,26,27)/t20-,21-/m1/s1. The molecule has 0 unspecified atom stereocenters. The first-order valence-electron chi connectivity index (χ1n) is 10.1. The zero-order valence-corrected chi connectivity index (χ0v) is 16.6. The number of ketones is 1. The number of Topliss-reactive ketones (excluding diaryl/α,β-unsaturated/α-hetero) is 1. The molecule has 0 fully saturated rings. The minimum atomic E-state index is -0.326. The Labute approximate surface area is 173 Å². The lowest BCUT2D eigenvalue weighted by Crippen LogP contribution is -2.43. The van der Waals surface area contributed by atoms with Crippen molar-refractivity contribution in [1.82, 2.24) is 10.3 Å². The fourth-order valence-electron chi connectivity index (χ4n) is 3.97. The topological polar surface area (TPSA) is 88.8 Å². The number of nitrogens with one attached hydrogen (secondary N) is 2. The number of anilines is 1. The molecule has 1 aliphatic heterocycles. The van der Waals surface area contributed by atoms with Crippen LogP contribution < -0.4 is 15.4 Å². The summed E-state index contributed by atoms with van der Waals surface area (Å²) in [6.45, 7) is 2.56. The highest BCUT2D eigenvalue weighted by atomic mass is 16.5. The molecule has 0 bridgehead atoms. The maximum atomic E-state index is 12.7. The van der Waals surface area contributed by atoms with Gasteiger partial charge in [0.15, 0.2) is 5.58 Å². The first kappa shape index (κ1) is 18.4. The molecule has 0 saturated carbocycles. The van der Waals surface area contributed by atoms with Crippen molar-refractivity contribution in [3.63, 3.8) is 0 Å². The van der Waals surface area contributed by atoms with Gasteiger partial charge >= 0.3 is 6.01 Å². The van der Waals surface area contributed by atoms with Crippen molar-refractivity contribution in [2.75, 3.05) is 11.9 Å². The van der Waals surface area contributed by atoms with Crippen LogP contribution in [0, 0.1) is 5.92 Å². The van der Waals surface area contributed by atoms with E-state index in [1.165, 1.54) is 0 Å². The van der Waals surface area contributed by atoms with Gasteiger partial charge in [0, 0.05) is 12.1 Å². The van der Waals surface area contributed by atoms with Crippen LogP contribution in [0.25, 0.3) is 11.1 Å². The van der Waals surface area contributed by atoms with Crippen LogP contribution in [-0.4, -0.2) is 23.3 Å². The van der Waals surface area contributed by atoms with E-state index in [1.54, 1.807) is 0 Å². The molecular weight excluding hydrogens is 380 g/mol. The van der Waals surface area contributed by atoms with Crippen LogP contribution in [0.1, 0.15) is 31.4 Å². The molecule has 2 aromatic carbocycles. The minimum Gasteiger partial charge on any atom is -0.494 e. The van der Waals surface area contributed by atoms with Gasteiger partial charge in [-0.1, -0.05) is 30.3 Å². The van der Waals surface area contributed by atoms with Gasteiger partial charge in [0.05, 0.1) is 18.6 Å². The largest absolute Gasteiger partial charge is 0.494 e. The van der Waals surface area contributed by atoms with Crippen LogP contribution in [0.3, 0.4) is 0 Å². The SMILES string of the molecule is CCOc1ccc([C@H]2N=C(Nc3nc4ccccc4o3)NC3=CCCC(=O)[C@@H]32)cc1. The van der Waals surface area contributed by atoms with E-state index < -0.39 is 0 Å². The predicted octanol–water partition coefficient (Wildman–Crippen LogP) is 4.20. The number of rotatable bonds is 4. The van der Waals surface area contributed by atoms with Gasteiger partial charge in [0.1, 0.15) is 17.0 Å². The first-order valence-corrected chi connectivity index (χ1v) is 10.1. The first-order chi connectivity index (χ1) is 14.7. The van der Waals surface area contributed by atoms with Gasteiger partial charge in [-0.15, -0.1) is 0 Å². The molecular formula is C23H22N4O3. The second kappa shape index (κ2) is 7.67. The Bertz CT molecular complexity index is 1110. The van der Waals surface area contributed by atoms with Gasteiger partial charge in [0.2, 0.25) is 5.96 Å². The third kappa shape index (κ3) is 3.43. The molecule has 3 aromatic rings. The Morgan fingerprint density at radius 2 is 2.03 bits per heavy atom. The lowest BCUT2D eigenvalue weighted by atomic mass is 9.81. The molecule has 0 radical (unpaired) electrons. The average molecular weight is 402 g/mol. The number of aromatic nitrogens is 1. The second-order valence-electron chi connectivity index (χ2n) is 7.30. The smallest absolute Gasteiger partial charge is 0.302 e. The molecule has 0 amide bonds. The fraction of sp³-hybridized carbons (Fsp3) is 0.261. The Hall–Kier alpha value is -3.61. The average Bonchev–Trinajstić information content (AvgIpc) is 3.16. The molecule has 7 nitrogen and oxygen atoms in total. The predicted molar refractivity (Wildman–Crippen MR) is 114 cm³/mol. The minimum absolute atomic E-state index is 0.198. The number of fused-ring (bicyclic) bond motifs is 2. The van der Waals surface area contributed by atoms with Gasteiger partial charge < -0.3 is 14.5 Å². The molecule has 152 valence electrons. The summed E-state index contributed by atoms with van der Waals surface area (Å²) in [6, 6.07) is 15.4. The molecule has 2 atom stereocenters. The van der Waals surface area contributed by atoms with Crippen LogP contribution in [0.2, 0.25) is 0 Å². The third-order valence-corrected chi connectivity index (χ3v) is 5.34. The van der Waals surface area contributed by atoms with Crippen LogP contribution in [0.4, 0.5) is 6.01 Å². The summed E-state index contributed by atoms with van der Waals surface area (Å²) < 4.78 is 11.3. The summed E-state index contributed by atoms with van der Waals surface area (Å²) in [7, 11) is 0. The summed E-state index contributed by atoms with van der Waals surface area (Å²) in [5, 5.41) is 6.40. The fourth-order valence-corrected chi connectivity index (χ4v) is 3.97. The Morgan fingerprint density at radius 1 is 1.20 bits per heavy atom. The molecule has 1 aromatic heterocycles. The number of carbonyl (C=O) groups excluding carboxylic acids is 1. The highest BCUT2D eigenvalue weighted by Crippen LogP contribution is 2.38. The summed E-state index contributed by atoms with van der Waals surface area (Å²) in [4.78, 5) is 22.0. The summed E-state index contributed by atoms with van der Waals surface area (Å²) in [5.74, 6) is 1.20. The maximum Gasteiger partial charge on any atom is 0.302 e. The number of ether oxygens (including phenoxy) is 1. The van der Waals surface area contributed by atoms with Gasteiger partial charge in [-0.3, -0.25) is 10.1 Å². The molecule has 2 N–H and O–H groups in total. The van der Waals surface area contributed by atoms with Crippen molar-refractivity contribution < 1.29 is 13.9 Å². The Morgan fingerprint density at radius 3 is 2.83 bits per heavy atom. The highest BCUT2D eigenvalue weighted by molar-refractivity contribution is 5.97. The maximum absolute atomic E-state index is 12.7. The zero-order valence-electron chi connectivity index (χ0n) is 16.6. The quantitative estimate of drug-likeness (QED) is 0.680. The molecule has 0 saturated heterocycles. The van der Waals surface area contributed by atoms with Crippen molar-refractivity contribution >= 4 is 28.9 Å².